The summed E-state index contributed by atoms with van der Waals surface area (Å²) in [6.45, 7) is 3.34. The van der Waals surface area contributed by atoms with E-state index in [0.29, 0.717) is 22.2 Å². The molecule has 0 saturated carbocycles. The van der Waals surface area contributed by atoms with Crippen LogP contribution < -0.4 is 5.32 Å². The van der Waals surface area contributed by atoms with Crippen molar-refractivity contribution >= 4 is 22.5 Å². The minimum Gasteiger partial charge on any atom is -0.305 e. The lowest BCUT2D eigenvalue weighted by atomic mass is 10.0. The summed E-state index contributed by atoms with van der Waals surface area (Å²) in [5, 5.41) is 8.45. The second-order valence-corrected chi connectivity index (χ2v) is 7.53. The summed E-state index contributed by atoms with van der Waals surface area (Å²) in [7, 11) is 0. The van der Waals surface area contributed by atoms with Crippen LogP contribution in [0.25, 0.3) is 10.8 Å². The maximum Gasteiger partial charge on any atom is 0.257 e. The SMILES string of the molecule is O=C(Nc1cc2n(n1)CCN(Cc1ccccc1)C2)c1ccc(F)c2ccccc12. The second kappa shape index (κ2) is 7.72. The number of halogens is 1. The molecule has 2 heterocycles. The predicted molar refractivity (Wildman–Crippen MR) is 115 cm³/mol. The molecule has 3 aromatic carbocycles. The number of fused-ring (bicyclic) bond motifs is 2. The zero-order valence-electron chi connectivity index (χ0n) is 16.4. The van der Waals surface area contributed by atoms with Gasteiger partial charge >= 0.3 is 0 Å². The Hall–Kier alpha value is -3.51. The standard InChI is InChI=1S/C24H21FN4O/c25-22-11-10-21(19-8-4-5-9-20(19)22)24(30)26-23-14-18-16-28(12-13-29(18)27-23)15-17-6-2-1-3-7-17/h1-11,14H,12-13,15-16H2,(H,26,27,30). The molecule has 5 rings (SSSR count). The Bertz CT molecular complexity index is 1220. The molecule has 1 amide bonds. The highest BCUT2D eigenvalue weighted by Crippen LogP contribution is 2.24. The van der Waals surface area contributed by atoms with Crippen molar-refractivity contribution < 1.29 is 9.18 Å². The van der Waals surface area contributed by atoms with E-state index in [4.69, 9.17) is 0 Å². The van der Waals surface area contributed by atoms with Crippen LogP contribution in [0.3, 0.4) is 0 Å². The Morgan fingerprint density at radius 3 is 2.57 bits per heavy atom. The second-order valence-electron chi connectivity index (χ2n) is 7.53. The summed E-state index contributed by atoms with van der Waals surface area (Å²) in [5.41, 5.74) is 2.78. The van der Waals surface area contributed by atoms with Gasteiger partial charge in [0.1, 0.15) is 5.82 Å². The average Bonchev–Trinajstić information content (AvgIpc) is 3.16. The number of hydrogen-bond donors (Lipinski definition) is 1. The van der Waals surface area contributed by atoms with Crippen LogP contribution in [-0.2, 0) is 19.6 Å². The molecule has 0 bridgehead atoms. The Labute approximate surface area is 173 Å². The molecule has 1 aliphatic rings. The van der Waals surface area contributed by atoms with E-state index in [-0.39, 0.29) is 11.7 Å². The van der Waals surface area contributed by atoms with Crippen LogP contribution >= 0.6 is 0 Å². The van der Waals surface area contributed by atoms with Crippen LogP contribution in [0.4, 0.5) is 10.2 Å². The molecule has 0 radical (unpaired) electrons. The van der Waals surface area contributed by atoms with Gasteiger partial charge in [-0.15, -0.1) is 0 Å². The highest BCUT2D eigenvalue weighted by Gasteiger charge is 2.20. The molecule has 0 spiro atoms. The number of nitrogens with zero attached hydrogens (tertiary/aromatic N) is 3. The molecule has 1 aliphatic heterocycles. The number of carbonyl (C=O) groups is 1. The van der Waals surface area contributed by atoms with Crippen LogP contribution in [0, 0.1) is 5.82 Å². The zero-order chi connectivity index (χ0) is 20.5. The van der Waals surface area contributed by atoms with E-state index in [2.05, 4.69) is 39.6 Å². The van der Waals surface area contributed by atoms with Gasteiger partial charge in [0.25, 0.3) is 5.91 Å². The molecule has 0 saturated heterocycles. The van der Waals surface area contributed by atoms with E-state index in [0.717, 1.165) is 31.9 Å². The van der Waals surface area contributed by atoms with E-state index in [1.807, 2.05) is 16.8 Å². The largest absolute Gasteiger partial charge is 0.305 e. The fourth-order valence-electron chi connectivity index (χ4n) is 4.00. The van der Waals surface area contributed by atoms with Crippen molar-refractivity contribution in [2.24, 2.45) is 0 Å². The van der Waals surface area contributed by atoms with Gasteiger partial charge in [-0.3, -0.25) is 14.4 Å². The number of hydrogen-bond acceptors (Lipinski definition) is 3. The summed E-state index contributed by atoms with van der Waals surface area (Å²) in [5.74, 6) is -0.106. The third kappa shape index (κ3) is 3.57. The fraction of sp³-hybridized carbons (Fsp3) is 0.167. The van der Waals surface area contributed by atoms with E-state index >= 15 is 0 Å². The Balaban J connectivity index is 1.33. The molecule has 0 unspecified atom stereocenters. The number of rotatable bonds is 4. The Kier molecular flexibility index (Phi) is 4.77. The van der Waals surface area contributed by atoms with Crippen molar-refractivity contribution in [3.63, 3.8) is 0 Å². The summed E-state index contributed by atoms with van der Waals surface area (Å²) in [6, 6.07) is 22.1. The quantitative estimate of drug-likeness (QED) is 0.551. The van der Waals surface area contributed by atoms with Gasteiger partial charge in [0, 0.05) is 36.7 Å². The maximum absolute atomic E-state index is 14.1. The number of amides is 1. The Morgan fingerprint density at radius 1 is 0.967 bits per heavy atom. The molecule has 1 aromatic heterocycles. The topological polar surface area (TPSA) is 50.2 Å². The van der Waals surface area contributed by atoms with Crippen LogP contribution in [0.5, 0.6) is 0 Å². The molecule has 5 nitrogen and oxygen atoms in total. The summed E-state index contributed by atoms with van der Waals surface area (Å²) < 4.78 is 16.0. The van der Waals surface area contributed by atoms with Crippen molar-refractivity contribution in [3.8, 4) is 0 Å². The molecule has 6 heteroatoms. The van der Waals surface area contributed by atoms with Gasteiger partial charge in [-0.2, -0.15) is 5.10 Å². The Morgan fingerprint density at radius 2 is 1.73 bits per heavy atom. The fourth-order valence-corrected chi connectivity index (χ4v) is 4.00. The first-order chi connectivity index (χ1) is 14.7. The highest BCUT2D eigenvalue weighted by molar-refractivity contribution is 6.12. The van der Waals surface area contributed by atoms with Gasteiger partial charge in [-0.1, -0.05) is 54.6 Å². The lowest BCUT2D eigenvalue weighted by Gasteiger charge is -2.27. The van der Waals surface area contributed by atoms with Gasteiger partial charge in [-0.05, 0) is 23.1 Å². The van der Waals surface area contributed by atoms with E-state index in [1.54, 1.807) is 24.3 Å². The lowest BCUT2D eigenvalue weighted by molar-refractivity contribution is 0.102. The van der Waals surface area contributed by atoms with Crippen molar-refractivity contribution in [3.05, 3.63) is 95.4 Å². The van der Waals surface area contributed by atoms with Crippen molar-refractivity contribution in [2.45, 2.75) is 19.6 Å². The van der Waals surface area contributed by atoms with Gasteiger partial charge < -0.3 is 5.32 Å². The number of anilines is 1. The third-order valence-electron chi connectivity index (χ3n) is 5.48. The maximum atomic E-state index is 14.1. The van der Waals surface area contributed by atoms with Crippen LogP contribution in [0.2, 0.25) is 0 Å². The number of aromatic nitrogens is 2. The summed E-state index contributed by atoms with van der Waals surface area (Å²) in [4.78, 5) is 15.2. The van der Waals surface area contributed by atoms with Crippen LogP contribution in [-0.4, -0.2) is 27.1 Å². The smallest absolute Gasteiger partial charge is 0.257 e. The molecule has 4 aromatic rings. The molecular formula is C24H21FN4O. The normalized spacial score (nSPS) is 13.9. The first kappa shape index (κ1) is 18.5. The minimum absolute atomic E-state index is 0.289. The third-order valence-corrected chi connectivity index (χ3v) is 5.48. The number of carbonyl (C=O) groups excluding carboxylic acids is 1. The van der Waals surface area contributed by atoms with Gasteiger partial charge in [0.15, 0.2) is 5.82 Å². The molecule has 1 N–H and O–H groups in total. The zero-order valence-corrected chi connectivity index (χ0v) is 16.4. The van der Waals surface area contributed by atoms with E-state index in [9.17, 15) is 9.18 Å². The minimum atomic E-state index is -0.335. The van der Waals surface area contributed by atoms with Gasteiger partial charge in [0.2, 0.25) is 0 Å². The van der Waals surface area contributed by atoms with E-state index in [1.165, 1.54) is 17.7 Å². The van der Waals surface area contributed by atoms with E-state index < -0.39 is 0 Å². The van der Waals surface area contributed by atoms with Crippen molar-refractivity contribution in [1.82, 2.24) is 14.7 Å². The molecule has 150 valence electrons. The average molecular weight is 400 g/mol. The monoisotopic (exact) mass is 400 g/mol. The predicted octanol–water partition coefficient (Wildman–Crippen LogP) is 4.44. The number of benzene rings is 3. The molecule has 0 atom stereocenters. The molecular weight excluding hydrogens is 379 g/mol. The van der Waals surface area contributed by atoms with Crippen LogP contribution in [0.1, 0.15) is 21.6 Å². The number of nitrogens with one attached hydrogen (secondary N) is 1. The first-order valence-electron chi connectivity index (χ1n) is 9.99. The molecule has 30 heavy (non-hydrogen) atoms. The summed E-state index contributed by atoms with van der Waals surface area (Å²) in [6.07, 6.45) is 0. The van der Waals surface area contributed by atoms with Crippen molar-refractivity contribution in [2.75, 3.05) is 11.9 Å². The molecule has 0 fully saturated rings. The summed E-state index contributed by atoms with van der Waals surface area (Å²) >= 11 is 0. The molecule has 0 aliphatic carbocycles. The van der Waals surface area contributed by atoms with Crippen LogP contribution in [0.15, 0.2) is 72.8 Å². The van der Waals surface area contributed by atoms with Crippen molar-refractivity contribution in [1.29, 1.82) is 0 Å². The first-order valence-corrected chi connectivity index (χ1v) is 9.99. The highest BCUT2D eigenvalue weighted by atomic mass is 19.1. The van der Waals surface area contributed by atoms with Gasteiger partial charge in [0.05, 0.1) is 12.2 Å². The van der Waals surface area contributed by atoms with Gasteiger partial charge in [-0.25, -0.2) is 4.39 Å². The lowest BCUT2D eigenvalue weighted by Crippen LogP contribution is -2.33.